The van der Waals surface area contributed by atoms with Crippen LogP contribution in [0.2, 0.25) is 0 Å². The molecule has 5 rings (SSSR count). The average Bonchev–Trinajstić information content (AvgIpc) is 2.64. The number of fused-ring (bicyclic) bond motifs is 4. The maximum Gasteiger partial charge on any atom is 0.260 e. The van der Waals surface area contributed by atoms with Gasteiger partial charge in [-0.1, -0.05) is 57.2 Å². The molecule has 3 aromatic carbocycles. The van der Waals surface area contributed by atoms with Gasteiger partial charge in [-0.3, -0.25) is 0 Å². The summed E-state index contributed by atoms with van der Waals surface area (Å²) in [6.07, 6.45) is 0. The maximum atomic E-state index is 6.61. The van der Waals surface area contributed by atoms with Crippen LogP contribution in [0.5, 0.6) is 23.0 Å². The molecule has 0 atom stereocenters. The molecule has 0 radical (unpaired) electrons. The Hall–Kier alpha value is -2.68. The summed E-state index contributed by atoms with van der Waals surface area (Å²) in [5, 5.41) is 0. The van der Waals surface area contributed by atoms with Crippen molar-refractivity contribution in [3.8, 4) is 23.0 Å². The van der Waals surface area contributed by atoms with Crippen LogP contribution in [0.15, 0.2) is 42.5 Å². The lowest BCUT2D eigenvalue weighted by Crippen LogP contribution is -2.58. The van der Waals surface area contributed by atoms with Gasteiger partial charge in [0, 0.05) is 5.46 Å². The van der Waals surface area contributed by atoms with Crippen LogP contribution in [0.1, 0.15) is 43.0 Å². The van der Waals surface area contributed by atoms with E-state index < -0.39 is 0 Å². The molecule has 3 heteroatoms. The molecule has 0 saturated carbocycles. The van der Waals surface area contributed by atoms with Gasteiger partial charge in [-0.05, 0) is 65.4 Å². The lowest BCUT2D eigenvalue weighted by atomic mass is 9.34. The van der Waals surface area contributed by atoms with Gasteiger partial charge in [-0.25, -0.2) is 0 Å². The fourth-order valence-electron chi connectivity index (χ4n) is 5.21. The van der Waals surface area contributed by atoms with Crippen LogP contribution < -0.4 is 25.9 Å². The van der Waals surface area contributed by atoms with Crippen molar-refractivity contribution in [2.75, 3.05) is 0 Å². The summed E-state index contributed by atoms with van der Waals surface area (Å²) in [7, 11) is 0. The van der Waals surface area contributed by atoms with E-state index in [0.717, 1.165) is 23.0 Å². The standard InChI is InChI=1S/C25H25BO2/c1-14-10-9-12-18-22(14)28-24-16(3)20(25(4,5)6)15(2)23-21(24)26(18)17-11-7-8-13-19(17)27-23/h7-13H,1-6H3. The monoisotopic (exact) mass is 368 g/mol. The van der Waals surface area contributed by atoms with Gasteiger partial charge in [-0.2, -0.15) is 0 Å². The Morgan fingerprint density at radius 2 is 1.36 bits per heavy atom. The third kappa shape index (κ3) is 2.22. The highest BCUT2D eigenvalue weighted by molar-refractivity contribution is 6.98. The normalized spacial score (nSPS) is 13.9. The number of hydrogen-bond donors (Lipinski definition) is 0. The highest BCUT2D eigenvalue weighted by Gasteiger charge is 2.43. The van der Waals surface area contributed by atoms with E-state index in [1.165, 1.54) is 38.6 Å². The first-order valence-electron chi connectivity index (χ1n) is 10.0. The van der Waals surface area contributed by atoms with E-state index in [1.54, 1.807) is 0 Å². The maximum absolute atomic E-state index is 6.61. The van der Waals surface area contributed by atoms with Crippen molar-refractivity contribution in [3.63, 3.8) is 0 Å². The SMILES string of the molecule is Cc1cccc2c1Oc1c(C)c(C(C)(C)C)c(C)c3c1B2c1ccccc1O3. The van der Waals surface area contributed by atoms with Crippen LogP contribution in [0.3, 0.4) is 0 Å². The summed E-state index contributed by atoms with van der Waals surface area (Å²) >= 11 is 0. The predicted molar refractivity (Wildman–Crippen MR) is 117 cm³/mol. The fourth-order valence-corrected chi connectivity index (χ4v) is 5.21. The zero-order chi connectivity index (χ0) is 19.8. The second kappa shape index (κ2) is 5.67. The lowest BCUT2D eigenvalue weighted by molar-refractivity contribution is 0.450. The molecule has 140 valence electrons. The van der Waals surface area contributed by atoms with Crippen LogP contribution in [-0.4, -0.2) is 6.71 Å². The van der Waals surface area contributed by atoms with Crippen molar-refractivity contribution in [3.05, 3.63) is 64.7 Å². The molecule has 0 spiro atoms. The summed E-state index contributed by atoms with van der Waals surface area (Å²) in [4.78, 5) is 0. The highest BCUT2D eigenvalue weighted by Crippen LogP contribution is 2.44. The number of para-hydroxylation sites is 2. The molecular formula is C25H25BO2. The molecular weight excluding hydrogens is 343 g/mol. The molecule has 0 unspecified atom stereocenters. The van der Waals surface area contributed by atoms with Crippen LogP contribution in [0, 0.1) is 20.8 Å². The summed E-state index contributed by atoms with van der Waals surface area (Å²) in [6, 6.07) is 14.9. The van der Waals surface area contributed by atoms with Crippen LogP contribution >= 0.6 is 0 Å². The van der Waals surface area contributed by atoms with Crippen molar-refractivity contribution in [1.29, 1.82) is 0 Å². The molecule has 2 heterocycles. The zero-order valence-corrected chi connectivity index (χ0v) is 17.4. The molecule has 0 bridgehead atoms. The van der Waals surface area contributed by atoms with E-state index in [-0.39, 0.29) is 12.1 Å². The van der Waals surface area contributed by atoms with Gasteiger partial charge in [0.1, 0.15) is 23.0 Å². The Bertz CT molecular complexity index is 1140. The van der Waals surface area contributed by atoms with E-state index in [2.05, 4.69) is 84.0 Å². The molecule has 0 N–H and O–H groups in total. The van der Waals surface area contributed by atoms with Gasteiger partial charge in [-0.15, -0.1) is 0 Å². The minimum absolute atomic E-state index is 0.00485. The van der Waals surface area contributed by atoms with Crippen molar-refractivity contribution in [2.45, 2.75) is 47.0 Å². The molecule has 3 aromatic rings. The average molecular weight is 368 g/mol. The smallest absolute Gasteiger partial charge is 0.260 e. The third-order valence-electron chi connectivity index (χ3n) is 6.16. The van der Waals surface area contributed by atoms with Gasteiger partial charge >= 0.3 is 0 Å². The highest BCUT2D eigenvalue weighted by atomic mass is 16.5. The molecule has 2 aliphatic heterocycles. The fraction of sp³-hybridized carbons (Fsp3) is 0.280. The van der Waals surface area contributed by atoms with E-state index >= 15 is 0 Å². The summed E-state index contributed by atoms with van der Waals surface area (Å²) in [5.74, 6) is 3.90. The van der Waals surface area contributed by atoms with Crippen molar-refractivity contribution >= 4 is 23.1 Å². The summed E-state index contributed by atoms with van der Waals surface area (Å²) < 4.78 is 13.1. The zero-order valence-electron chi connectivity index (χ0n) is 17.4. The number of ether oxygens (including phenoxy) is 2. The van der Waals surface area contributed by atoms with Crippen LogP contribution in [0.4, 0.5) is 0 Å². The van der Waals surface area contributed by atoms with Gasteiger partial charge in [0.15, 0.2) is 0 Å². The molecule has 0 fully saturated rings. The summed E-state index contributed by atoms with van der Waals surface area (Å²) in [6.45, 7) is 13.5. The molecule has 0 amide bonds. The van der Waals surface area contributed by atoms with E-state index in [0.29, 0.717) is 0 Å². The van der Waals surface area contributed by atoms with E-state index in [9.17, 15) is 0 Å². The predicted octanol–water partition coefficient (Wildman–Crippen LogP) is 4.64. The van der Waals surface area contributed by atoms with Gasteiger partial charge in [0.2, 0.25) is 0 Å². The van der Waals surface area contributed by atoms with Crippen molar-refractivity contribution < 1.29 is 9.47 Å². The second-order valence-electron chi connectivity index (χ2n) is 9.12. The van der Waals surface area contributed by atoms with E-state index in [4.69, 9.17) is 9.47 Å². The van der Waals surface area contributed by atoms with Gasteiger partial charge in [0.25, 0.3) is 6.71 Å². The Balaban J connectivity index is 1.92. The Morgan fingerprint density at radius 1 is 0.714 bits per heavy atom. The number of benzene rings is 3. The van der Waals surface area contributed by atoms with Gasteiger partial charge in [0.05, 0.1) is 0 Å². The quantitative estimate of drug-likeness (QED) is 0.371. The number of rotatable bonds is 0. The minimum Gasteiger partial charge on any atom is -0.458 e. The Morgan fingerprint density at radius 3 is 2.07 bits per heavy atom. The number of hydrogen-bond acceptors (Lipinski definition) is 2. The first kappa shape index (κ1) is 17.4. The largest absolute Gasteiger partial charge is 0.458 e. The second-order valence-corrected chi connectivity index (χ2v) is 9.12. The first-order valence-corrected chi connectivity index (χ1v) is 10.0. The van der Waals surface area contributed by atoms with Gasteiger partial charge < -0.3 is 9.47 Å². The van der Waals surface area contributed by atoms with E-state index in [1.807, 2.05) is 0 Å². The number of aryl methyl sites for hydroxylation is 1. The Labute approximate surface area is 167 Å². The molecule has 28 heavy (non-hydrogen) atoms. The topological polar surface area (TPSA) is 18.5 Å². The lowest BCUT2D eigenvalue weighted by Gasteiger charge is -2.38. The first-order chi connectivity index (χ1) is 13.3. The third-order valence-corrected chi connectivity index (χ3v) is 6.16. The summed E-state index contributed by atoms with van der Waals surface area (Å²) in [5.41, 5.74) is 8.57. The van der Waals surface area contributed by atoms with Crippen molar-refractivity contribution in [1.82, 2.24) is 0 Å². The van der Waals surface area contributed by atoms with Crippen molar-refractivity contribution in [2.24, 2.45) is 0 Å². The molecule has 0 aromatic heterocycles. The van der Waals surface area contributed by atoms with Crippen LogP contribution in [-0.2, 0) is 5.41 Å². The van der Waals surface area contributed by atoms with Crippen LogP contribution in [0.25, 0.3) is 0 Å². The molecule has 0 aliphatic carbocycles. The molecule has 0 saturated heterocycles. The Kier molecular flexibility index (Phi) is 3.53. The molecule has 2 aliphatic rings. The minimum atomic E-state index is 0.00485. The molecule has 2 nitrogen and oxygen atoms in total.